The first-order valence-corrected chi connectivity index (χ1v) is 29.5. The molecule has 0 saturated carbocycles. The van der Waals surface area contributed by atoms with E-state index in [9.17, 15) is 40.5 Å². The number of carbonyl (C=O) groups excluding carboxylic acids is 1. The van der Waals surface area contributed by atoms with E-state index in [1.54, 1.807) is 0 Å². The number of aliphatic hydroxyl groups is 7. The Bertz CT molecular complexity index is 1510. The Morgan fingerprint density at radius 1 is 0.453 bits per heavy atom. The quantitative estimate of drug-likeness (QED) is 0.0172. The van der Waals surface area contributed by atoms with Crippen molar-refractivity contribution in [3.63, 3.8) is 0 Å². The van der Waals surface area contributed by atoms with Crippen molar-refractivity contribution in [3.8, 4) is 0 Å². The maximum Gasteiger partial charge on any atom is 0.306 e. The summed E-state index contributed by atoms with van der Waals surface area (Å²) in [6, 6.07) is 0. The van der Waals surface area contributed by atoms with E-state index in [0.29, 0.717) is 13.0 Å². The van der Waals surface area contributed by atoms with Gasteiger partial charge in [-0.3, -0.25) is 4.79 Å². The van der Waals surface area contributed by atoms with Crippen LogP contribution in [-0.4, -0.2) is 142 Å². The van der Waals surface area contributed by atoms with Gasteiger partial charge in [-0.25, -0.2) is 0 Å². The van der Waals surface area contributed by atoms with Gasteiger partial charge in [-0.15, -0.1) is 0 Å². The van der Waals surface area contributed by atoms with Gasteiger partial charge in [0.1, 0.15) is 54.9 Å². The summed E-state index contributed by atoms with van der Waals surface area (Å²) in [5.74, 6) is -0.380. The number of aliphatic hydroxyl groups excluding tert-OH is 7. The molecule has 2 heterocycles. The zero-order valence-corrected chi connectivity index (χ0v) is 46.5. The fourth-order valence-electron chi connectivity index (χ4n) is 9.00. The highest BCUT2D eigenvalue weighted by atomic mass is 16.7. The molecule has 0 spiro atoms. The second-order valence-electron chi connectivity index (χ2n) is 20.4. The summed E-state index contributed by atoms with van der Waals surface area (Å²) in [7, 11) is 0. The molecule has 0 aliphatic carbocycles. The molecule has 0 aromatic rings. The molecule has 0 radical (unpaired) electrons. The molecule has 2 fully saturated rings. The van der Waals surface area contributed by atoms with E-state index in [2.05, 4.69) is 86.8 Å². The minimum atomic E-state index is -1.71. The Labute approximate surface area is 453 Å². The van der Waals surface area contributed by atoms with Crippen molar-refractivity contribution < 1.29 is 69.0 Å². The molecule has 434 valence electrons. The van der Waals surface area contributed by atoms with Crippen LogP contribution in [0.15, 0.2) is 72.9 Å². The summed E-state index contributed by atoms with van der Waals surface area (Å²) in [4.78, 5) is 13.1. The number of carbonyl (C=O) groups is 1. The third kappa shape index (κ3) is 34.1. The molecule has 2 saturated heterocycles. The van der Waals surface area contributed by atoms with Gasteiger partial charge in [-0.05, 0) is 64.2 Å². The van der Waals surface area contributed by atoms with Gasteiger partial charge in [0.2, 0.25) is 0 Å². The van der Waals surface area contributed by atoms with Gasteiger partial charge in [0, 0.05) is 13.0 Å². The molecule has 0 amide bonds. The van der Waals surface area contributed by atoms with E-state index < -0.39 is 80.7 Å². The van der Waals surface area contributed by atoms with Crippen LogP contribution in [0.1, 0.15) is 206 Å². The summed E-state index contributed by atoms with van der Waals surface area (Å²) < 4.78 is 34.4. The topological polar surface area (TPSA) is 214 Å². The van der Waals surface area contributed by atoms with Gasteiger partial charge in [0.05, 0.1) is 26.4 Å². The molecule has 11 unspecified atom stereocenters. The third-order valence-electron chi connectivity index (χ3n) is 13.7. The Morgan fingerprint density at radius 2 is 0.867 bits per heavy atom. The monoisotopic (exact) mass is 1060 g/mol. The first-order valence-electron chi connectivity index (χ1n) is 29.5. The van der Waals surface area contributed by atoms with Crippen molar-refractivity contribution >= 4 is 5.97 Å². The first kappa shape index (κ1) is 68.5. The van der Waals surface area contributed by atoms with Crippen molar-refractivity contribution in [1.29, 1.82) is 0 Å². The summed E-state index contributed by atoms with van der Waals surface area (Å²) >= 11 is 0. The average molecular weight is 1060 g/mol. The second-order valence-corrected chi connectivity index (χ2v) is 20.4. The zero-order valence-electron chi connectivity index (χ0n) is 46.5. The van der Waals surface area contributed by atoms with Gasteiger partial charge < -0.3 is 64.2 Å². The molecule has 2 rings (SSSR count). The largest absolute Gasteiger partial charge is 0.457 e. The van der Waals surface area contributed by atoms with E-state index in [1.165, 1.54) is 89.9 Å². The number of hydrogen-bond acceptors (Lipinski definition) is 14. The van der Waals surface area contributed by atoms with Gasteiger partial charge >= 0.3 is 5.97 Å². The second kappa shape index (κ2) is 47.4. The molecule has 0 aromatic heterocycles. The zero-order chi connectivity index (χ0) is 54.4. The highest BCUT2D eigenvalue weighted by molar-refractivity contribution is 5.69. The summed E-state index contributed by atoms with van der Waals surface area (Å²) in [6.07, 6.45) is 43.9. The molecule has 2 aliphatic rings. The molecule has 7 N–H and O–H groups in total. The molecule has 2 aliphatic heterocycles. The Kier molecular flexibility index (Phi) is 43.3. The predicted molar refractivity (Wildman–Crippen MR) is 298 cm³/mol. The standard InChI is InChI=1S/C61H106O14/c1-3-5-7-9-11-13-15-17-19-20-21-22-23-24-25-26-27-28-29-31-33-35-37-39-41-43-45-70-47-50(73-53(63)44-42-40-38-36-34-32-30-18-16-14-12-10-8-6-4-2)48-71-60-59(69)57(67)55(65)52(75-60)49-72-61-58(68)56(66)54(64)51(46-62)74-61/h5,7,11,13,17,19,21-22,24-25,27-28,50-52,54-62,64-69H,3-4,6,8-10,12,14-16,18,20,23,26,29-49H2,1-2H3/b7-5-,13-11-,19-17-,22-21-,25-24-,28-27-. The van der Waals surface area contributed by atoms with Crippen LogP contribution < -0.4 is 0 Å². The van der Waals surface area contributed by atoms with Crippen LogP contribution in [0.4, 0.5) is 0 Å². The van der Waals surface area contributed by atoms with E-state index in [1.807, 2.05) is 0 Å². The maximum absolute atomic E-state index is 13.1. The maximum atomic E-state index is 13.1. The van der Waals surface area contributed by atoms with Crippen molar-refractivity contribution in [2.45, 2.75) is 274 Å². The number of esters is 1. The molecule has 0 aromatic carbocycles. The van der Waals surface area contributed by atoms with Crippen LogP contribution in [0.25, 0.3) is 0 Å². The molecule has 0 bridgehead atoms. The summed E-state index contributed by atoms with van der Waals surface area (Å²) in [5.41, 5.74) is 0. The van der Waals surface area contributed by atoms with Crippen molar-refractivity contribution in [2.75, 3.05) is 33.0 Å². The van der Waals surface area contributed by atoms with Crippen LogP contribution in [0, 0.1) is 0 Å². The Balaban J connectivity index is 1.70. The molecule has 14 heteroatoms. The minimum Gasteiger partial charge on any atom is -0.457 e. The third-order valence-corrected chi connectivity index (χ3v) is 13.7. The smallest absolute Gasteiger partial charge is 0.306 e. The van der Waals surface area contributed by atoms with Gasteiger partial charge in [-0.1, -0.05) is 209 Å². The van der Waals surface area contributed by atoms with E-state index >= 15 is 0 Å². The van der Waals surface area contributed by atoms with Crippen molar-refractivity contribution in [1.82, 2.24) is 0 Å². The van der Waals surface area contributed by atoms with Crippen molar-refractivity contribution in [2.24, 2.45) is 0 Å². The van der Waals surface area contributed by atoms with Crippen molar-refractivity contribution in [3.05, 3.63) is 72.9 Å². The molecule has 14 nitrogen and oxygen atoms in total. The normalized spacial score (nSPS) is 25.1. The highest BCUT2D eigenvalue weighted by Gasteiger charge is 2.47. The SMILES string of the molecule is CC/C=C\C/C=C\C/C=C\C/C=C\C/C=C\C/C=C\CCCCCCCCCOCC(COC1OC(COC2OC(CO)C(O)C(O)C2O)C(O)C(O)C1O)OC(=O)CCCCCCCCCCCCCCCCC. The highest BCUT2D eigenvalue weighted by Crippen LogP contribution is 2.27. The first-order chi connectivity index (χ1) is 36.6. The van der Waals surface area contributed by atoms with Crippen LogP contribution >= 0.6 is 0 Å². The van der Waals surface area contributed by atoms with E-state index in [4.69, 9.17) is 28.4 Å². The average Bonchev–Trinajstić information content (AvgIpc) is 3.41. The van der Waals surface area contributed by atoms with Crippen LogP contribution in [-0.2, 0) is 33.2 Å². The number of rotatable bonds is 47. The fourth-order valence-corrected chi connectivity index (χ4v) is 9.00. The van der Waals surface area contributed by atoms with Crippen LogP contribution in [0.2, 0.25) is 0 Å². The molecule has 75 heavy (non-hydrogen) atoms. The summed E-state index contributed by atoms with van der Waals surface area (Å²) in [6.45, 7) is 3.56. The van der Waals surface area contributed by atoms with Crippen LogP contribution in [0.3, 0.4) is 0 Å². The molecule has 11 atom stereocenters. The lowest BCUT2D eigenvalue weighted by molar-refractivity contribution is -0.332. The molecular formula is C61H106O14. The fraction of sp³-hybridized carbons (Fsp3) is 0.787. The molecular weight excluding hydrogens is 957 g/mol. The predicted octanol–water partition coefficient (Wildman–Crippen LogP) is 10.6. The number of unbranched alkanes of at least 4 members (excludes halogenated alkanes) is 21. The van der Waals surface area contributed by atoms with E-state index in [-0.39, 0.29) is 25.6 Å². The minimum absolute atomic E-state index is 0.0524. The number of ether oxygens (including phenoxy) is 6. The van der Waals surface area contributed by atoms with Gasteiger partial charge in [0.15, 0.2) is 12.6 Å². The Hall–Kier alpha value is -2.57. The lowest BCUT2D eigenvalue weighted by Gasteiger charge is -2.42. The van der Waals surface area contributed by atoms with Crippen LogP contribution in [0.5, 0.6) is 0 Å². The lowest BCUT2D eigenvalue weighted by atomic mass is 9.98. The van der Waals surface area contributed by atoms with Gasteiger partial charge in [-0.2, -0.15) is 0 Å². The van der Waals surface area contributed by atoms with Gasteiger partial charge in [0.25, 0.3) is 0 Å². The Morgan fingerprint density at radius 3 is 1.36 bits per heavy atom. The number of allylic oxidation sites excluding steroid dienone is 12. The lowest BCUT2D eigenvalue weighted by Crippen LogP contribution is -2.61. The van der Waals surface area contributed by atoms with E-state index in [0.717, 1.165) is 89.9 Å². The summed E-state index contributed by atoms with van der Waals surface area (Å²) in [5, 5.41) is 72.3. The number of hydrogen-bond donors (Lipinski definition) is 7.